The van der Waals surface area contributed by atoms with Gasteiger partial charge in [-0.15, -0.1) is 0 Å². The number of aliphatic hydroxyl groups is 1. The summed E-state index contributed by atoms with van der Waals surface area (Å²) in [6.45, 7) is 0. The maximum atomic E-state index is 13.3. The minimum absolute atomic E-state index is 0.0389. The predicted molar refractivity (Wildman–Crippen MR) is 126 cm³/mol. The van der Waals surface area contributed by atoms with Crippen molar-refractivity contribution in [2.75, 3.05) is 0 Å². The van der Waals surface area contributed by atoms with Crippen molar-refractivity contribution in [3.8, 4) is 4.90 Å². The Morgan fingerprint density at radius 2 is 1.59 bits per heavy atom. The van der Waals surface area contributed by atoms with Gasteiger partial charge in [-0.2, -0.15) is 13.2 Å². The van der Waals surface area contributed by atoms with Crippen molar-refractivity contribution in [2.45, 2.75) is 37.1 Å². The molecule has 4 atom stereocenters. The Balaban J connectivity index is 1.29. The van der Waals surface area contributed by atoms with Gasteiger partial charge in [0.15, 0.2) is 19.9 Å². The average molecular weight is 484 g/mol. The van der Waals surface area contributed by atoms with Gasteiger partial charge in [0, 0.05) is 33.2 Å². The van der Waals surface area contributed by atoms with Crippen molar-refractivity contribution < 1.29 is 27.8 Å². The zero-order valence-corrected chi connectivity index (χ0v) is 18.9. The number of hydrogen-bond donors (Lipinski definition) is 1. The lowest BCUT2D eigenvalue weighted by atomic mass is 9.82. The van der Waals surface area contributed by atoms with Crippen molar-refractivity contribution in [1.82, 2.24) is 0 Å². The van der Waals surface area contributed by atoms with E-state index in [4.69, 9.17) is 4.74 Å². The van der Waals surface area contributed by atoms with Crippen molar-refractivity contribution >= 4 is 36.6 Å². The molecule has 0 saturated heterocycles. The van der Waals surface area contributed by atoms with Crippen LogP contribution in [0.2, 0.25) is 0 Å². The first-order valence-corrected chi connectivity index (χ1v) is 12.5. The number of ether oxygens (including phenoxy) is 1. The maximum Gasteiger partial charge on any atom is 0.417 e. The van der Waals surface area contributed by atoms with E-state index in [0.717, 1.165) is 4.90 Å². The van der Waals surface area contributed by atoms with Gasteiger partial charge in [-0.05, 0) is 61.6 Å². The first kappa shape index (κ1) is 21.6. The van der Waals surface area contributed by atoms with E-state index in [2.05, 4.69) is 24.3 Å². The van der Waals surface area contributed by atoms with E-state index >= 15 is 0 Å². The summed E-state index contributed by atoms with van der Waals surface area (Å²) in [4.78, 5) is 14.0. The molecule has 2 aliphatic rings. The van der Waals surface area contributed by atoms with Crippen molar-refractivity contribution in [3.05, 3.63) is 78.4 Å². The zero-order valence-electron chi connectivity index (χ0n) is 18.1. The Hall–Kier alpha value is -2.90. The molecule has 7 heteroatoms. The van der Waals surface area contributed by atoms with Crippen LogP contribution in [-0.2, 0) is 4.74 Å². The molecule has 34 heavy (non-hydrogen) atoms. The fraction of sp³-hybridized carbons (Fsp3) is 0.296. The lowest BCUT2D eigenvalue weighted by Gasteiger charge is -2.36. The van der Waals surface area contributed by atoms with Crippen LogP contribution in [-0.4, -0.2) is 29.0 Å². The van der Waals surface area contributed by atoms with E-state index in [-0.39, 0.29) is 23.3 Å². The number of carbonyl (C=O) groups is 1. The van der Waals surface area contributed by atoms with E-state index in [1.54, 1.807) is 6.07 Å². The number of halogens is 3. The van der Waals surface area contributed by atoms with Gasteiger partial charge in [-0.25, -0.2) is 4.79 Å². The van der Waals surface area contributed by atoms with Crippen LogP contribution in [0.1, 0.15) is 29.6 Å². The van der Waals surface area contributed by atoms with E-state index in [1.165, 1.54) is 20.2 Å². The van der Waals surface area contributed by atoms with E-state index in [0.29, 0.717) is 5.56 Å². The molecule has 3 nitrogen and oxygen atoms in total. The third kappa shape index (κ3) is 3.17. The van der Waals surface area contributed by atoms with Gasteiger partial charge in [-0.1, -0.05) is 30.3 Å². The van der Waals surface area contributed by atoms with Gasteiger partial charge in [0.2, 0.25) is 0 Å². The second-order valence-corrected chi connectivity index (χ2v) is 11.3. The van der Waals surface area contributed by atoms with Crippen LogP contribution in [0.4, 0.5) is 13.2 Å². The van der Waals surface area contributed by atoms with Crippen molar-refractivity contribution in [2.24, 2.45) is 11.8 Å². The Kier molecular flexibility index (Phi) is 4.80. The summed E-state index contributed by atoms with van der Waals surface area (Å²) in [7, 11) is -0.359. The number of fused-ring (bicyclic) bond motifs is 5. The number of benzene rings is 3. The Morgan fingerprint density at radius 1 is 0.941 bits per heavy atom. The molecule has 1 N–H and O–H groups in total. The van der Waals surface area contributed by atoms with Gasteiger partial charge in [0.1, 0.15) is 6.10 Å². The second kappa shape index (κ2) is 7.55. The summed E-state index contributed by atoms with van der Waals surface area (Å²) >= 11 is 0. The van der Waals surface area contributed by atoms with Crippen LogP contribution < -0.4 is 0 Å². The Bertz CT molecular complexity index is 1370. The Labute approximate surface area is 196 Å². The first-order chi connectivity index (χ1) is 16.3. The average Bonchev–Trinajstić information content (AvgIpc) is 3.48. The largest absolute Gasteiger partial charge is 0.458 e. The van der Waals surface area contributed by atoms with Gasteiger partial charge in [-0.3, -0.25) is 0 Å². The number of hydrogen-bond acceptors (Lipinski definition) is 3. The van der Waals surface area contributed by atoms with Crippen LogP contribution in [0.25, 0.3) is 25.1 Å². The molecule has 0 spiro atoms. The number of thiophene rings is 1. The molecule has 4 unspecified atom stereocenters. The van der Waals surface area contributed by atoms with E-state index in [1.807, 2.05) is 42.5 Å². The normalized spacial score (nSPS) is 26.4. The zero-order chi connectivity index (χ0) is 23.7. The molecule has 2 bridgehead atoms. The molecule has 2 aliphatic carbocycles. The smallest absolute Gasteiger partial charge is 0.417 e. The highest BCUT2D eigenvalue weighted by Gasteiger charge is 2.67. The van der Waals surface area contributed by atoms with Gasteiger partial charge < -0.3 is 9.84 Å². The highest BCUT2D eigenvalue weighted by atomic mass is 32.2. The third-order valence-corrected chi connectivity index (χ3v) is 9.75. The highest BCUT2D eigenvalue weighted by molar-refractivity contribution is 7.50. The quantitative estimate of drug-likeness (QED) is 0.253. The highest BCUT2D eigenvalue weighted by Crippen LogP contribution is 2.57. The molecule has 2 saturated carbocycles. The number of esters is 1. The monoisotopic (exact) mass is 483 g/mol. The van der Waals surface area contributed by atoms with Crippen LogP contribution in [0.15, 0.2) is 72.8 Å². The summed E-state index contributed by atoms with van der Waals surface area (Å²) in [5.74, 6) is -1.92. The van der Waals surface area contributed by atoms with Crippen LogP contribution in [0, 0.1) is 11.8 Å². The number of rotatable bonds is 3. The lowest BCUT2D eigenvalue weighted by Crippen LogP contribution is -2.51. The number of alkyl halides is 3. The van der Waals surface area contributed by atoms with Crippen LogP contribution in [0.3, 0.4) is 0 Å². The van der Waals surface area contributed by atoms with Crippen LogP contribution >= 0.6 is 10.5 Å². The first-order valence-electron chi connectivity index (χ1n) is 11.3. The summed E-state index contributed by atoms with van der Waals surface area (Å²) in [5.41, 5.74) is -2.27. The molecule has 0 radical (unpaired) electrons. The Morgan fingerprint density at radius 3 is 2.18 bits per heavy atom. The fourth-order valence-electron chi connectivity index (χ4n) is 5.81. The lowest BCUT2D eigenvalue weighted by molar-refractivity contribution is -0.280. The van der Waals surface area contributed by atoms with Crippen molar-refractivity contribution in [1.29, 1.82) is 0 Å². The molecule has 0 aliphatic heterocycles. The van der Waals surface area contributed by atoms with Crippen molar-refractivity contribution in [3.63, 3.8) is 0 Å². The minimum atomic E-state index is -4.66. The topological polar surface area (TPSA) is 46.5 Å². The molecule has 2 fully saturated rings. The molecule has 174 valence electrons. The molecule has 6 rings (SSSR count). The summed E-state index contributed by atoms with van der Waals surface area (Å²) in [6.07, 6.45) is -5.40. The summed E-state index contributed by atoms with van der Waals surface area (Å²) < 4.78 is 48.0. The molecule has 0 amide bonds. The summed E-state index contributed by atoms with van der Waals surface area (Å²) in [5, 5.41) is 12.5. The SMILES string of the molecule is O=C(OC1CC2CC1CC2(O)C(F)(F)F)c1cccc(-[s+]2c3ccccc3c3ccccc32)c1. The minimum Gasteiger partial charge on any atom is -0.458 e. The molecule has 1 aromatic heterocycles. The predicted octanol–water partition coefficient (Wildman–Crippen LogP) is 6.98. The summed E-state index contributed by atoms with van der Waals surface area (Å²) in [6, 6.07) is 23.8. The van der Waals surface area contributed by atoms with E-state index < -0.39 is 42.1 Å². The van der Waals surface area contributed by atoms with E-state index in [9.17, 15) is 23.1 Å². The van der Waals surface area contributed by atoms with Gasteiger partial charge in [0.05, 0.1) is 5.56 Å². The molecule has 4 aromatic rings. The number of carbonyl (C=O) groups excluding carboxylic acids is 1. The fourth-order valence-corrected chi connectivity index (χ4v) is 8.24. The van der Waals surface area contributed by atoms with Gasteiger partial charge >= 0.3 is 12.1 Å². The second-order valence-electron chi connectivity index (χ2n) is 9.32. The maximum absolute atomic E-state index is 13.3. The molecule has 1 heterocycles. The molecule has 3 aromatic carbocycles. The molecular weight excluding hydrogens is 461 g/mol. The van der Waals surface area contributed by atoms with Crippen LogP contribution in [0.5, 0.6) is 0 Å². The molecular formula is C27H22F3O3S+. The third-order valence-electron chi connectivity index (χ3n) is 7.44. The van der Waals surface area contributed by atoms with Gasteiger partial charge in [0.25, 0.3) is 0 Å². The standard InChI is InChI=1S/C27H22F3O3S/c28-27(29,30)26(32)15-17-12-18(26)14-22(17)33-25(31)16-6-5-7-19(13-16)34-23-10-3-1-8-20(23)21-9-2-4-11-24(21)34/h1-11,13,17-18,22,32H,12,14-15H2/q+1.